The van der Waals surface area contributed by atoms with E-state index in [0.29, 0.717) is 5.56 Å². The number of nitrogens with zero attached hydrogens (tertiary/aromatic N) is 2. The molecule has 1 heterocycles. The molecule has 1 unspecified atom stereocenters. The van der Waals surface area contributed by atoms with E-state index in [9.17, 15) is 28.7 Å². The third-order valence-corrected chi connectivity index (χ3v) is 7.45. The van der Waals surface area contributed by atoms with Crippen LogP contribution >= 0.6 is 0 Å². The number of hydrogen-bond donors (Lipinski definition) is 2. The van der Waals surface area contributed by atoms with E-state index in [1.807, 2.05) is 42.5 Å². The van der Waals surface area contributed by atoms with Gasteiger partial charge in [0.15, 0.2) is 0 Å². The highest BCUT2D eigenvalue weighted by atomic mass is 19.1. The van der Waals surface area contributed by atoms with E-state index in [1.54, 1.807) is 20.8 Å². The summed E-state index contributed by atoms with van der Waals surface area (Å²) in [6.45, 7) is 8.85. The van der Waals surface area contributed by atoms with Gasteiger partial charge in [-0.1, -0.05) is 60.7 Å². The predicted octanol–water partition coefficient (Wildman–Crippen LogP) is 4.73. The van der Waals surface area contributed by atoms with Crippen LogP contribution in [0.4, 0.5) is 9.18 Å². The standard InChI is InChI=1S/C34H38FN3O6/c1-5-8-28-31(40)38(29(32(41)42)21-23-11-14-24-9-6-7-10-25(24)19-23)18-17-37(28)30(39)27(36-33(43)44-34(2,3)4)20-22-12-15-26(35)16-13-22/h5-7,9-16,19,27-29H,1,8,17-18,20-21H2,2-4H3,(H,36,43)(H,41,42)/t27?,28-,29+/m1/s1. The SMILES string of the molecule is C=CC[C@@H]1C(=O)N([C@@H](Cc2ccc3ccccc3c2)C(=O)O)CCN1C(=O)C(Cc1ccc(F)cc1)NC(=O)OC(C)(C)C. The van der Waals surface area contributed by atoms with Crippen LogP contribution in [0.2, 0.25) is 0 Å². The van der Waals surface area contributed by atoms with Crippen LogP contribution in [-0.2, 0) is 32.0 Å². The fourth-order valence-corrected chi connectivity index (χ4v) is 5.39. The number of amides is 3. The smallest absolute Gasteiger partial charge is 0.408 e. The molecule has 0 aliphatic carbocycles. The van der Waals surface area contributed by atoms with Gasteiger partial charge in [0.25, 0.3) is 0 Å². The molecular formula is C34H38FN3O6. The number of fused-ring (bicyclic) bond motifs is 1. The number of ether oxygens (including phenoxy) is 1. The molecule has 0 radical (unpaired) electrons. The van der Waals surface area contributed by atoms with Crippen molar-refractivity contribution in [3.05, 3.63) is 96.3 Å². The fourth-order valence-electron chi connectivity index (χ4n) is 5.39. The van der Waals surface area contributed by atoms with Crippen LogP contribution in [0.15, 0.2) is 79.4 Å². The Kier molecular flexibility index (Phi) is 10.0. The quantitative estimate of drug-likeness (QED) is 0.324. The van der Waals surface area contributed by atoms with Crippen LogP contribution in [0.1, 0.15) is 38.3 Å². The van der Waals surface area contributed by atoms with Crippen molar-refractivity contribution >= 4 is 34.6 Å². The molecule has 0 spiro atoms. The van der Waals surface area contributed by atoms with Crippen molar-refractivity contribution in [1.82, 2.24) is 15.1 Å². The summed E-state index contributed by atoms with van der Waals surface area (Å²) in [5.41, 5.74) is 0.535. The zero-order chi connectivity index (χ0) is 32.0. The van der Waals surface area contributed by atoms with Crippen LogP contribution in [0, 0.1) is 5.82 Å². The minimum atomic E-state index is -1.15. The van der Waals surface area contributed by atoms with Crippen molar-refractivity contribution in [2.45, 2.75) is 63.8 Å². The average Bonchev–Trinajstić information content (AvgIpc) is 2.96. The molecule has 232 valence electrons. The van der Waals surface area contributed by atoms with Gasteiger partial charge in [0.1, 0.15) is 29.5 Å². The van der Waals surface area contributed by atoms with Gasteiger partial charge >= 0.3 is 12.1 Å². The first-order chi connectivity index (χ1) is 20.9. The van der Waals surface area contributed by atoms with Crippen LogP contribution in [0.3, 0.4) is 0 Å². The van der Waals surface area contributed by atoms with Crippen molar-refractivity contribution in [1.29, 1.82) is 0 Å². The fraction of sp³-hybridized carbons (Fsp3) is 0.353. The summed E-state index contributed by atoms with van der Waals surface area (Å²) in [7, 11) is 0. The summed E-state index contributed by atoms with van der Waals surface area (Å²) in [5.74, 6) is -2.65. The van der Waals surface area contributed by atoms with E-state index in [-0.39, 0.29) is 32.4 Å². The number of benzene rings is 3. The Hall–Kier alpha value is -4.73. The minimum absolute atomic E-state index is 0.0154. The molecule has 0 bridgehead atoms. The van der Waals surface area contributed by atoms with Crippen molar-refractivity contribution in [2.75, 3.05) is 13.1 Å². The number of hydrogen-bond acceptors (Lipinski definition) is 5. The summed E-state index contributed by atoms with van der Waals surface area (Å²) in [4.78, 5) is 55.7. The monoisotopic (exact) mass is 603 g/mol. The molecule has 0 aromatic heterocycles. The van der Waals surface area contributed by atoms with Gasteiger partial charge in [-0.15, -0.1) is 6.58 Å². The summed E-state index contributed by atoms with van der Waals surface area (Å²) in [6.07, 6.45) is 0.881. The first kappa shape index (κ1) is 32.2. The van der Waals surface area contributed by atoms with Crippen LogP contribution < -0.4 is 5.32 Å². The summed E-state index contributed by atoms with van der Waals surface area (Å²) >= 11 is 0. The largest absolute Gasteiger partial charge is 0.480 e. The third kappa shape index (κ3) is 8.00. The number of nitrogens with one attached hydrogen (secondary N) is 1. The molecular weight excluding hydrogens is 565 g/mol. The number of carboxylic acid groups (broad SMARTS) is 1. The van der Waals surface area contributed by atoms with Gasteiger partial charge in [0.2, 0.25) is 11.8 Å². The molecule has 0 saturated carbocycles. The second-order valence-electron chi connectivity index (χ2n) is 11.9. The molecule has 3 aromatic rings. The number of carboxylic acids is 1. The van der Waals surface area contributed by atoms with Crippen LogP contribution in [-0.4, -0.2) is 75.6 Å². The van der Waals surface area contributed by atoms with Crippen LogP contribution in [0.25, 0.3) is 10.8 Å². The number of aliphatic carboxylic acids is 1. The van der Waals surface area contributed by atoms with Crippen molar-refractivity contribution in [3.8, 4) is 0 Å². The molecule has 44 heavy (non-hydrogen) atoms. The van der Waals surface area contributed by atoms with E-state index in [2.05, 4.69) is 11.9 Å². The number of alkyl carbamates (subject to hydrolysis) is 1. The van der Waals surface area contributed by atoms with Gasteiger partial charge < -0.3 is 25.0 Å². The molecule has 3 atom stereocenters. The van der Waals surface area contributed by atoms with Gasteiger partial charge in [-0.25, -0.2) is 14.0 Å². The molecule has 9 nitrogen and oxygen atoms in total. The van der Waals surface area contributed by atoms with Gasteiger partial charge in [-0.2, -0.15) is 0 Å². The molecule has 2 N–H and O–H groups in total. The molecule has 1 aliphatic heterocycles. The number of carbonyl (C=O) groups is 4. The van der Waals surface area contributed by atoms with Gasteiger partial charge in [-0.3, -0.25) is 9.59 Å². The number of rotatable bonds is 10. The van der Waals surface area contributed by atoms with Gasteiger partial charge in [0.05, 0.1) is 0 Å². The second-order valence-corrected chi connectivity index (χ2v) is 11.9. The summed E-state index contributed by atoms with van der Waals surface area (Å²) < 4.78 is 18.9. The lowest BCUT2D eigenvalue weighted by atomic mass is 9.97. The Morgan fingerprint density at radius 3 is 2.32 bits per heavy atom. The average molecular weight is 604 g/mol. The summed E-state index contributed by atoms with van der Waals surface area (Å²) in [5, 5.41) is 14.8. The lowest BCUT2D eigenvalue weighted by molar-refractivity contribution is -0.160. The second kappa shape index (κ2) is 13.7. The Bertz CT molecular complexity index is 1530. The zero-order valence-corrected chi connectivity index (χ0v) is 25.2. The maximum atomic E-state index is 14.0. The van der Waals surface area contributed by atoms with Gasteiger partial charge in [0, 0.05) is 25.9 Å². The van der Waals surface area contributed by atoms with E-state index >= 15 is 0 Å². The summed E-state index contributed by atoms with van der Waals surface area (Å²) in [6, 6.07) is 15.7. The van der Waals surface area contributed by atoms with Crippen molar-refractivity contribution in [2.24, 2.45) is 0 Å². The molecule has 1 aliphatic rings. The first-order valence-corrected chi connectivity index (χ1v) is 14.5. The third-order valence-electron chi connectivity index (χ3n) is 7.45. The van der Waals surface area contributed by atoms with E-state index in [4.69, 9.17) is 4.74 Å². The minimum Gasteiger partial charge on any atom is -0.480 e. The Balaban J connectivity index is 1.58. The number of piperazine rings is 1. The first-order valence-electron chi connectivity index (χ1n) is 14.5. The molecule has 1 saturated heterocycles. The maximum Gasteiger partial charge on any atom is 0.408 e. The van der Waals surface area contributed by atoms with Crippen molar-refractivity contribution in [3.63, 3.8) is 0 Å². The maximum absolute atomic E-state index is 14.0. The Labute approximate surface area is 256 Å². The lowest BCUT2D eigenvalue weighted by Gasteiger charge is -2.43. The molecule has 10 heteroatoms. The Morgan fingerprint density at radius 1 is 1.02 bits per heavy atom. The highest BCUT2D eigenvalue weighted by Gasteiger charge is 2.43. The van der Waals surface area contributed by atoms with E-state index in [0.717, 1.165) is 16.3 Å². The Morgan fingerprint density at radius 2 is 1.68 bits per heavy atom. The predicted molar refractivity (Wildman–Crippen MR) is 164 cm³/mol. The normalized spacial score (nSPS) is 16.7. The number of halogens is 1. The van der Waals surface area contributed by atoms with Gasteiger partial charge in [-0.05, 0) is 61.2 Å². The molecule has 3 amide bonds. The zero-order valence-electron chi connectivity index (χ0n) is 25.2. The van der Waals surface area contributed by atoms with Crippen molar-refractivity contribution < 1.29 is 33.4 Å². The highest BCUT2D eigenvalue weighted by molar-refractivity contribution is 5.94. The molecule has 1 fully saturated rings. The van der Waals surface area contributed by atoms with Crippen LogP contribution in [0.5, 0.6) is 0 Å². The topological polar surface area (TPSA) is 116 Å². The van der Waals surface area contributed by atoms with E-state index < -0.39 is 53.4 Å². The molecule has 4 rings (SSSR count). The number of carbonyl (C=O) groups excluding carboxylic acids is 3. The molecule has 3 aromatic carbocycles. The lowest BCUT2D eigenvalue weighted by Crippen LogP contribution is -2.65. The highest BCUT2D eigenvalue weighted by Crippen LogP contribution is 2.23. The van der Waals surface area contributed by atoms with E-state index in [1.165, 1.54) is 40.1 Å².